The van der Waals surface area contributed by atoms with Gasteiger partial charge in [-0.15, -0.1) is 0 Å². The molecular formula is C23H21N5O3. The predicted octanol–water partition coefficient (Wildman–Crippen LogP) is 3.01. The van der Waals surface area contributed by atoms with Crippen LogP contribution in [0.25, 0.3) is 11.3 Å². The number of carbonyl (C=O) groups is 2. The standard InChI is InChI=1S/C23H21N5O3/c1-31-18-10-5-9-17(13-18)21-19(15-28(27-21)14-16-7-3-2-4-8-16)22(29)25-26-23(30)20-11-6-12-24-20/h2-13,15,24H,14H2,1H3,(H,25,29)(H,26,30). The lowest BCUT2D eigenvalue weighted by Gasteiger charge is -2.07. The first-order valence-corrected chi connectivity index (χ1v) is 9.64. The van der Waals surface area contributed by atoms with Crippen LogP contribution in [0.5, 0.6) is 5.75 Å². The van der Waals surface area contributed by atoms with E-state index in [0.717, 1.165) is 11.1 Å². The largest absolute Gasteiger partial charge is 0.497 e. The molecule has 0 atom stereocenters. The van der Waals surface area contributed by atoms with E-state index in [-0.39, 0.29) is 0 Å². The first-order chi connectivity index (χ1) is 15.1. The quantitative estimate of drug-likeness (QED) is 0.422. The summed E-state index contributed by atoms with van der Waals surface area (Å²) < 4.78 is 7.00. The number of aromatic nitrogens is 3. The number of hydrogen-bond donors (Lipinski definition) is 3. The molecule has 31 heavy (non-hydrogen) atoms. The fourth-order valence-corrected chi connectivity index (χ4v) is 3.14. The highest BCUT2D eigenvalue weighted by Crippen LogP contribution is 2.26. The van der Waals surface area contributed by atoms with Gasteiger partial charge >= 0.3 is 0 Å². The van der Waals surface area contributed by atoms with Gasteiger partial charge in [-0.1, -0.05) is 42.5 Å². The highest BCUT2D eigenvalue weighted by atomic mass is 16.5. The Labute approximate surface area is 178 Å². The van der Waals surface area contributed by atoms with Gasteiger partial charge in [0, 0.05) is 18.0 Å². The topological polar surface area (TPSA) is 101 Å². The fraction of sp³-hybridized carbons (Fsp3) is 0.0870. The van der Waals surface area contributed by atoms with Gasteiger partial charge in [-0.25, -0.2) is 0 Å². The van der Waals surface area contributed by atoms with Crippen LogP contribution in [-0.2, 0) is 6.54 Å². The molecule has 156 valence electrons. The summed E-state index contributed by atoms with van der Waals surface area (Å²) in [7, 11) is 1.58. The molecule has 0 saturated carbocycles. The Morgan fingerprint density at radius 1 is 1.00 bits per heavy atom. The predicted molar refractivity (Wildman–Crippen MR) is 115 cm³/mol. The van der Waals surface area contributed by atoms with Gasteiger partial charge in [0.25, 0.3) is 11.8 Å². The van der Waals surface area contributed by atoms with E-state index in [9.17, 15) is 9.59 Å². The number of nitrogens with one attached hydrogen (secondary N) is 3. The van der Waals surface area contributed by atoms with Crippen LogP contribution in [0.4, 0.5) is 0 Å². The minimum absolute atomic E-state index is 0.330. The van der Waals surface area contributed by atoms with Gasteiger partial charge in [0.1, 0.15) is 17.1 Å². The lowest BCUT2D eigenvalue weighted by atomic mass is 10.1. The van der Waals surface area contributed by atoms with Crippen molar-refractivity contribution in [2.75, 3.05) is 7.11 Å². The highest BCUT2D eigenvalue weighted by Gasteiger charge is 2.19. The molecule has 0 unspecified atom stereocenters. The number of methoxy groups -OCH3 is 1. The smallest absolute Gasteiger partial charge is 0.286 e. The Hall–Kier alpha value is -4.33. The summed E-state index contributed by atoms with van der Waals surface area (Å²) in [6, 6.07) is 20.4. The van der Waals surface area contributed by atoms with Crippen LogP contribution in [0.2, 0.25) is 0 Å². The lowest BCUT2D eigenvalue weighted by Crippen LogP contribution is -2.41. The van der Waals surface area contributed by atoms with Crippen LogP contribution in [0.15, 0.2) is 79.1 Å². The van der Waals surface area contributed by atoms with Crippen LogP contribution in [0.3, 0.4) is 0 Å². The van der Waals surface area contributed by atoms with Gasteiger partial charge in [0.05, 0.1) is 19.2 Å². The minimum Gasteiger partial charge on any atom is -0.497 e. The van der Waals surface area contributed by atoms with Crippen LogP contribution < -0.4 is 15.6 Å². The number of ether oxygens (including phenoxy) is 1. The van der Waals surface area contributed by atoms with Gasteiger partial charge in [-0.05, 0) is 29.8 Å². The zero-order chi connectivity index (χ0) is 21.6. The first kappa shape index (κ1) is 20.0. The zero-order valence-electron chi connectivity index (χ0n) is 16.8. The molecule has 0 spiro atoms. The fourth-order valence-electron chi connectivity index (χ4n) is 3.14. The third kappa shape index (κ3) is 4.64. The van der Waals surface area contributed by atoms with E-state index in [1.807, 2.05) is 54.6 Å². The van der Waals surface area contributed by atoms with Crippen molar-refractivity contribution in [3.63, 3.8) is 0 Å². The molecule has 0 aliphatic heterocycles. The van der Waals surface area contributed by atoms with Gasteiger partial charge in [-0.3, -0.25) is 25.1 Å². The van der Waals surface area contributed by atoms with Crippen molar-refractivity contribution in [2.24, 2.45) is 0 Å². The molecule has 0 aliphatic rings. The lowest BCUT2D eigenvalue weighted by molar-refractivity contribution is 0.0844. The van der Waals surface area contributed by atoms with Gasteiger partial charge in [0.15, 0.2) is 0 Å². The molecule has 3 N–H and O–H groups in total. The van der Waals surface area contributed by atoms with Crippen molar-refractivity contribution < 1.29 is 14.3 Å². The van der Waals surface area contributed by atoms with E-state index in [2.05, 4.69) is 20.9 Å². The van der Waals surface area contributed by atoms with E-state index in [1.54, 1.807) is 36.3 Å². The molecule has 0 aliphatic carbocycles. The second kappa shape index (κ2) is 9.00. The molecule has 0 radical (unpaired) electrons. The third-order valence-corrected chi connectivity index (χ3v) is 4.67. The van der Waals surface area contributed by atoms with Crippen LogP contribution in [0.1, 0.15) is 26.4 Å². The number of hydrazine groups is 1. The molecule has 4 aromatic rings. The summed E-state index contributed by atoms with van der Waals surface area (Å²) in [6.45, 7) is 0.500. The average Bonchev–Trinajstić information content (AvgIpc) is 3.48. The molecular weight excluding hydrogens is 394 g/mol. The average molecular weight is 415 g/mol. The Bertz CT molecular complexity index is 1180. The zero-order valence-corrected chi connectivity index (χ0v) is 16.8. The van der Waals surface area contributed by atoms with Crippen molar-refractivity contribution in [2.45, 2.75) is 6.54 Å². The summed E-state index contributed by atoms with van der Waals surface area (Å²) in [6.07, 6.45) is 3.29. The maximum atomic E-state index is 12.9. The number of carbonyl (C=O) groups excluding carboxylic acids is 2. The van der Waals surface area contributed by atoms with E-state index in [0.29, 0.717) is 29.2 Å². The van der Waals surface area contributed by atoms with E-state index < -0.39 is 11.8 Å². The van der Waals surface area contributed by atoms with Gasteiger partial charge in [0.2, 0.25) is 0 Å². The second-order valence-corrected chi connectivity index (χ2v) is 6.80. The number of benzene rings is 2. The van der Waals surface area contributed by atoms with Crippen LogP contribution >= 0.6 is 0 Å². The maximum absolute atomic E-state index is 12.9. The highest BCUT2D eigenvalue weighted by molar-refractivity contribution is 6.02. The Balaban J connectivity index is 1.62. The normalized spacial score (nSPS) is 10.5. The summed E-state index contributed by atoms with van der Waals surface area (Å²) in [4.78, 5) is 27.8. The van der Waals surface area contributed by atoms with Crippen molar-refractivity contribution in [3.8, 4) is 17.0 Å². The Morgan fingerprint density at radius 3 is 2.55 bits per heavy atom. The van der Waals surface area contributed by atoms with Gasteiger partial charge in [-0.2, -0.15) is 5.10 Å². The molecule has 4 rings (SSSR count). The van der Waals surface area contributed by atoms with E-state index >= 15 is 0 Å². The van der Waals surface area contributed by atoms with Crippen molar-refractivity contribution >= 4 is 11.8 Å². The molecule has 0 bridgehead atoms. The summed E-state index contributed by atoms with van der Waals surface area (Å²) >= 11 is 0. The van der Waals surface area contributed by atoms with Crippen LogP contribution in [-0.4, -0.2) is 33.7 Å². The number of hydrogen-bond acceptors (Lipinski definition) is 4. The number of amides is 2. The summed E-state index contributed by atoms with van der Waals surface area (Å²) in [5.41, 5.74) is 7.81. The second-order valence-electron chi connectivity index (χ2n) is 6.80. The number of aromatic amines is 1. The minimum atomic E-state index is -0.475. The number of H-pyrrole nitrogens is 1. The molecule has 2 aromatic heterocycles. The van der Waals surface area contributed by atoms with E-state index in [4.69, 9.17) is 4.74 Å². The summed E-state index contributed by atoms with van der Waals surface area (Å²) in [5.74, 6) is -0.267. The first-order valence-electron chi connectivity index (χ1n) is 9.64. The SMILES string of the molecule is COc1cccc(-c2nn(Cc3ccccc3)cc2C(=O)NNC(=O)c2ccc[nH]2)c1. The molecule has 8 nitrogen and oxygen atoms in total. The van der Waals surface area contributed by atoms with Gasteiger partial charge < -0.3 is 9.72 Å². The monoisotopic (exact) mass is 415 g/mol. The van der Waals surface area contributed by atoms with Crippen LogP contribution in [0, 0.1) is 0 Å². The van der Waals surface area contributed by atoms with Crippen molar-refractivity contribution in [3.05, 3.63) is 95.9 Å². The summed E-state index contributed by atoms with van der Waals surface area (Å²) in [5, 5.41) is 4.63. The number of rotatable bonds is 6. The molecule has 2 amide bonds. The van der Waals surface area contributed by atoms with Crippen molar-refractivity contribution in [1.29, 1.82) is 0 Å². The third-order valence-electron chi connectivity index (χ3n) is 4.67. The molecule has 0 fully saturated rings. The Kier molecular flexibility index (Phi) is 5.79. The Morgan fingerprint density at radius 2 is 1.81 bits per heavy atom. The molecule has 8 heteroatoms. The molecule has 0 saturated heterocycles. The number of nitrogens with zero attached hydrogens (tertiary/aromatic N) is 2. The van der Waals surface area contributed by atoms with Crippen molar-refractivity contribution in [1.82, 2.24) is 25.6 Å². The molecule has 2 aromatic carbocycles. The van der Waals surface area contributed by atoms with E-state index in [1.165, 1.54) is 0 Å². The maximum Gasteiger partial charge on any atom is 0.286 e. The molecule has 2 heterocycles.